The highest BCUT2D eigenvalue weighted by molar-refractivity contribution is 6.00. The molecule has 8 heteroatoms. The van der Waals surface area contributed by atoms with Gasteiger partial charge in [0.2, 0.25) is 0 Å². The third-order valence-corrected chi connectivity index (χ3v) is 7.04. The van der Waals surface area contributed by atoms with E-state index in [1.54, 1.807) is 13.4 Å². The highest BCUT2D eigenvalue weighted by Crippen LogP contribution is 2.27. The molecule has 8 nitrogen and oxygen atoms in total. The maximum absolute atomic E-state index is 13.9. The molecule has 0 unspecified atom stereocenters. The highest BCUT2D eigenvalue weighted by Gasteiger charge is 2.26. The zero-order chi connectivity index (χ0) is 24.4. The van der Waals surface area contributed by atoms with E-state index in [-0.39, 0.29) is 11.6 Å². The van der Waals surface area contributed by atoms with Crippen LogP contribution in [0.1, 0.15) is 49.7 Å². The summed E-state index contributed by atoms with van der Waals surface area (Å²) in [5.74, 6) is 1.59. The van der Waals surface area contributed by atoms with Crippen LogP contribution >= 0.6 is 0 Å². The van der Waals surface area contributed by atoms with Gasteiger partial charge in [-0.05, 0) is 50.6 Å². The summed E-state index contributed by atoms with van der Waals surface area (Å²) in [5.41, 5.74) is 2.92. The van der Waals surface area contributed by atoms with Crippen LogP contribution in [-0.4, -0.2) is 70.4 Å². The Morgan fingerprint density at radius 3 is 2.71 bits per heavy atom. The maximum atomic E-state index is 13.9. The molecule has 2 N–H and O–H groups in total. The van der Waals surface area contributed by atoms with Gasteiger partial charge in [-0.2, -0.15) is 0 Å². The smallest absolute Gasteiger partial charge is 0.259 e. The van der Waals surface area contributed by atoms with Crippen LogP contribution in [-0.2, 0) is 6.54 Å². The van der Waals surface area contributed by atoms with Crippen LogP contribution in [0.2, 0.25) is 0 Å². The van der Waals surface area contributed by atoms with Crippen molar-refractivity contribution in [2.75, 3.05) is 39.5 Å². The van der Waals surface area contributed by atoms with E-state index in [9.17, 15) is 4.79 Å². The van der Waals surface area contributed by atoms with Crippen LogP contribution in [0.15, 0.2) is 40.4 Å². The lowest BCUT2D eigenvalue weighted by atomic mass is 10.00. The molecule has 1 aromatic carbocycles. The van der Waals surface area contributed by atoms with Crippen LogP contribution in [0.5, 0.6) is 0 Å². The van der Waals surface area contributed by atoms with Crippen LogP contribution in [0.3, 0.4) is 0 Å². The van der Waals surface area contributed by atoms with Crippen molar-refractivity contribution in [2.24, 2.45) is 4.99 Å². The number of aryl methyl sites for hydroxylation is 1. The Bertz CT molecular complexity index is 1230. The number of aliphatic imine (C=N–C) groups is 1. The normalized spacial score (nSPS) is 15.9. The van der Waals surface area contributed by atoms with Crippen LogP contribution < -0.4 is 10.9 Å². The minimum atomic E-state index is 0.118. The van der Waals surface area contributed by atoms with E-state index in [2.05, 4.69) is 54.6 Å². The summed E-state index contributed by atoms with van der Waals surface area (Å²) in [6, 6.07) is 9.00. The third kappa shape index (κ3) is 4.46. The molecule has 1 fully saturated rings. The number of amidine groups is 1. The molecule has 0 bridgehead atoms. The van der Waals surface area contributed by atoms with Crippen molar-refractivity contribution in [3.63, 3.8) is 0 Å². The molecule has 0 atom stereocenters. The fourth-order valence-electron chi connectivity index (χ4n) is 5.22. The van der Waals surface area contributed by atoms with Gasteiger partial charge in [-0.1, -0.05) is 18.2 Å². The second kappa shape index (κ2) is 10.0. The number of nitrogens with zero attached hydrogens (tertiary/aromatic N) is 5. The molecular weight excluding hydrogens is 426 g/mol. The highest BCUT2D eigenvalue weighted by atomic mass is 16.1. The summed E-state index contributed by atoms with van der Waals surface area (Å²) in [6.07, 6.45) is 3.62. The number of anilines is 1. The van der Waals surface area contributed by atoms with Crippen LogP contribution in [0, 0.1) is 6.92 Å². The largest absolute Gasteiger partial charge is 0.373 e. The zero-order valence-corrected chi connectivity index (χ0v) is 21.2. The maximum Gasteiger partial charge on any atom is 0.259 e. The molecule has 182 valence electrons. The first kappa shape index (κ1) is 24.0. The van der Waals surface area contributed by atoms with Crippen molar-refractivity contribution in [2.45, 2.75) is 52.2 Å². The first-order valence-corrected chi connectivity index (χ1v) is 12.1. The second-order valence-electron chi connectivity index (χ2n) is 9.49. The molecule has 0 saturated carbocycles. The van der Waals surface area contributed by atoms with Crippen molar-refractivity contribution < 1.29 is 0 Å². The zero-order valence-electron chi connectivity index (χ0n) is 21.2. The molecule has 1 saturated heterocycles. The Morgan fingerprint density at radius 1 is 1.32 bits per heavy atom. The number of nitrogens with one attached hydrogen (secondary N) is 2. The fraction of sp³-hybridized carbons (Fsp3) is 0.500. The van der Waals surface area contributed by atoms with Gasteiger partial charge in [0.15, 0.2) is 5.84 Å². The van der Waals surface area contributed by atoms with Crippen molar-refractivity contribution in [3.05, 3.63) is 57.9 Å². The molecule has 4 rings (SSSR count). The quantitative estimate of drug-likeness (QED) is 0.431. The summed E-state index contributed by atoms with van der Waals surface area (Å²) in [6.45, 7) is 9.09. The van der Waals surface area contributed by atoms with Crippen LogP contribution in [0.4, 0.5) is 5.82 Å². The van der Waals surface area contributed by atoms with Gasteiger partial charge in [0.25, 0.3) is 5.56 Å². The van der Waals surface area contributed by atoms with Gasteiger partial charge in [-0.15, -0.1) is 0 Å². The van der Waals surface area contributed by atoms with Gasteiger partial charge in [0.05, 0.1) is 18.3 Å². The number of imidazole rings is 1. The molecule has 3 heterocycles. The minimum Gasteiger partial charge on any atom is -0.373 e. The van der Waals surface area contributed by atoms with Crippen molar-refractivity contribution in [1.82, 2.24) is 24.3 Å². The Labute approximate surface area is 201 Å². The predicted octanol–water partition coefficient (Wildman–Crippen LogP) is 3.63. The number of aromatic amines is 1. The monoisotopic (exact) mass is 463 g/mol. The van der Waals surface area contributed by atoms with Crippen LogP contribution in [0.25, 0.3) is 10.8 Å². The van der Waals surface area contributed by atoms with Gasteiger partial charge in [0.1, 0.15) is 11.5 Å². The minimum absolute atomic E-state index is 0.118. The van der Waals surface area contributed by atoms with Crippen molar-refractivity contribution in [1.29, 1.82) is 0 Å². The summed E-state index contributed by atoms with van der Waals surface area (Å²) < 4.78 is 2.07. The van der Waals surface area contributed by atoms with Gasteiger partial charge >= 0.3 is 0 Å². The lowest BCUT2D eigenvalue weighted by Crippen LogP contribution is -2.42. The lowest BCUT2D eigenvalue weighted by molar-refractivity contribution is 0.149. The topological polar surface area (TPSA) is 81.5 Å². The van der Waals surface area contributed by atoms with E-state index >= 15 is 0 Å². The molecule has 3 aromatic rings. The number of hydrogen-bond donors (Lipinski definition) is 2. The van der Waals surface area contributed by atoms with Crippen molar-refractivity contribution >= 4 is 22.4 Å². The SMILES string of the molecule is C/N=C(\c1nc[nH]c1NC)N(C)Cc1cc2cccc(C)c2c(=O)n1C1CCN(C(C)C)CC1. The Morgan fingerprint density at radius 2 is 2.06 bits per heavy atom. The number of aromatic nitrogens is 3. The number of hydrogen-bond acceptors (Lipinski definition) is 5. The second-order valence-corrected chi connectivity index (χ2v) is 9.49. The Kier molecular flexibility index (Phi) is 7.07. The molecule has 1 aliphatic heterocycles. The summed E-state index contributed by atoms with van der Waals surface area (Å²) in [4.78, 5) is 30.6. The standard InChI is InChI=1S/C26H37N7O/c1-17(2)32-12-10-20(11-13-32)33-21(14-19-9-7-8-18(3)22(19)26(33)34)15-31(6)25(28-5)23-24(27-4)30-16-29-23/h7-9,14,16-17,20,27H,10-13,15H2,1-6H3,(H,29,30)/b28-25+. The number of H-pyrrole nitrogens is 1. The van der Waals surface area contributed by atoms with E-state index in [1.165, 1.54) is 0 Å². The molecule has 1 aliphatic rings. The van der Waals surface area contributed by atoms with Gasteiger partial charge in [-0.25, -0.2) is 4.98 Å². The van der Waals surface area contributed by atoms with E-state index in [0.717, 1.165) is 65.3 Å². The first-order valence-electron chi connectivity index (χ1n) is 12.1. The van der Waals surface area contributed by atoms with Gasteiger partial charge in [-0.3, -0.25) is 9.79 Å². The summed E-state index contributed by atoms with van der Waals surface area (Å²) in [5, 5.41) is 4.96. The fourth-order valence-corrected chi connectivity index (χ4v) is 5.22. The number of fused-ring (bicyclic) bond motifs is 1. The summed E-state index contributed by atoms with van der Waals surface area (Å²) >= 11 is 0. The number of piperidine rings is 1. The molecule has 0 aliphatic carbocycles. The number of benzene rings is 1. The number of likely N-dealkylation sites (tertiary alicyclic amines) is 1. The van der Waals surface area contributed by atoms with Crippen molar-refractivity contribution in [3.8, 4) is 0 Å². The Hall–Kier alpha value is -3.13. The van der Waals surface area contributed by atoms with E-state index in [4.69, 9.17) is 0 Å². The molecule has 0 radical (unpaired) electrons. The molecule has 0 amide bonds. The van der Waals surface area contributed by atoms with Gasteiger partial charge in [0, 0.05) is 52.0 Å². The Balaban J connectivity index is 1.75. The van der Waals surface area contributed by atoms with E-state index in [0.29, 0.717) is 12.6 Å². The lowest BCUT2D eigenvalue weighted by Gasteiger charge is -2.36. The first-order chi connectivity index (χ1) is 16.3. The summed E-state index contributed by atoms with van der Waals surface area (Å²) in [7, 11) is 5.64. The average molecular weight is 464 g/mol. The average Bonchev–Trinajstić information content (AvgIpc) is 3.28. The van der Waals surface area contributed by atoms with Gasteiger partial charge < -0.3 is 24.7 Å². The molecule has 34 heavy (non-hydrogen) atoms. The molecule has 2 aromatic heterocycles. The predicted molar refractivity (Wildman–Crippen MR) is 140 cm³/mol. The van der Waals surface area contributed by atoms with E-state index < -0.39 is 0 Å². The third-order valence-electron chi connectivity index (χ3n) is 7.04. The van der Waals surface area contributed by atoms with E-state index in [1.807, 2.05) is 39.2 Å². The molecule has 0 spiro atoms. The number of rotatable bonds is 6. The number of pyridine rings is 1. The molecular formula is C26H37N7O.